The van der Waals surface area contributed by atoms with E-state index >= 15 is 0 Å². The molecule has 0 radical (unpaired) electrons. The molecular weight excluding hydrogens is 178 g/mol. The second-order valence-corrected chi connectivity index (χ2v) is 4.17. The Morgan fingerprint density at radius 3 is 2.79 bits per heavy atom. The molecule has 1 fully saturated rings. The van der Waals surface area contributed by atoms with Gasteiger partial charge < -0.3 is 10.2 Å². The Morgan fingerprint density at radius 1 is 1.57 bits per heavy atom. The van der Waals surface area contributed by atoms with E-state index in [0.29, 0.717) is 18.5 Å². The number of nitrogens with two attached hydrogens (primary N) is 1. The summed E-state index contributed by atoms with van der Waals surface area (Å²) in [6.07, 6.45) is 6.99. The van der Waals surface area contributed by atoms with Crippen LogP contribution in [0.15, 0.2) is 23.0 Å². The molecule has 2 N–H and O–H groups in total. The molecule has 1 aromatic heterocycles. The van der Waals surface area contributed by atoms with Crippen molar-refractivity contribution < 1.29 is 9.21 Å². The van der Waals surface area contributed by atoms with Gasteiger partial charge in [0.2, 0.25) is 0 Å². The van der Waals surface area contributed by atoms with Gasteiger partial charge in [-0.05, 0) is 30.9 Å². The van der Waals surface area contributed by atoms with E-state index in [4.69, 9.17) is 10.2 Å². The first-order valence-electron chi connectivity index (χ1n) is 5.01. The van der Waals surface area contributed by atoms with Crippen LogP contribution < -0.4 is 5.73 Å². The molecule has 3 heteroatoms. The number of carbonyl (C=O) groups is 1. The molecule has 0 bridgehead atoms. The topological polar surface area (TPSA) is 56.2 Å². The van der Waals surface area contributed by atoms with E-state index in [0.717, 1.165) is 12.8 Å². The van der Waals surface area contributed by atoms with Crippen molar-refractivity contribution in [2.24, 2.45) is 11.1 Å². The fraction of sp³-hybridized carbons (Fsp3) is 0.545. The minimum absolute atomic E-state index is 0.0916. The van der Waals surface area contributed by atoms with Crippen LogP contribution in [0.2, 0.25) is 0 Å². The van der Waals surface area contributed by atoms with E-state index in [1.165, 1.54) is 18.9 Å². The molecule has 0 saturated heterocycles. The Kier molecular flexibility index (Phi) is 2.42. The minimum atomic E-state index is 0.0916. The van der Waals surface area contributed by atoms with Gasteiger partial charge in [-0.15, -0.1) is 0 Å². The van der Waals surface area contributed by atoms with E-state index in [9.17, 15) is 4.79 Å². The molecule has 76 valence electrons. The predicted molar refractivity (Wildman–Crippen MR) is 53.0 cm³/mol. The van der Waals surface area contributed by atoms with Crippen molar-refractivity contribution in [1.29, 1.82) is 0 Å². The molecule has 1 heterocycles. The van der Waals surface area contributed by atoms with Crippen molar-refractivity contribution in [2.75, 3.05) is 6.54 Å². The smallest absolute Gasteiger partial charge is 0.166 e. The molecule has 0 spiro atoms. The van der Waals surface area contributed by atoms with Gasteiger partial charge in [0.15, 0.2) is 5.78 Å². The van der Waals surface area contributed by atoms with Crippen LogP contribution >= 0.6 is 0 Å². The third-order valence-corrected chi connectivity index (χ3v) is 3.23. The maximum Gasteiger partial charge on any atom is 0.166 e. The van der Waals surface area contributed by atoms with Gasteiger partial charge in [0.1, 0.15) is 6.26 Å². The summed E-state index contributed by atoms with van der Waals surface area (Å²) in [5, 5.41) is 0. The van der Waals surface area contributed by atoms with Crippen molar-refractivity contribution in [2.45, 2.75) is 25.7 Å². The number of hydrogen-bond donors (Lipinski definition) is 1. The molecule has 3 nitrogen and oxygen atoms in total. The summed E-state index contributed by atoms with van der Waals surface area (Å²) in [5.41, 5.74) is 6.46. The molecule has 1 saturated carbocycles. The summed E-state index contributed by atoms with van der Waals surface area (Å²) >= 11 is 0. The van der Waals surface area contributed by atoms with Crippen LogP contribution in [0.4, 0.5) is 0 Å². The molecule has 1 aliphatic carbocycles. The molecule has 14 heavy (non-hydrogen) atoms. The van der Waals surface area contributed by atoms with E-state index < -0.39 is 0 Å². The zero-order chi connectivity index (χ0) is 10.0. The highest BCUT2D eigenvalue weighted by Gasteiger charge is 2.37. The lowest BCUT2D eigenvalue weighted by Gasteiger charge is -2.40. The summed E-state index contributed by atoms with van der Waals surface area (Å²) in [7, 11) is 0. The summed E-state index contributed by atoms with van der Waals surface area (Å²) in [4.78, 5) is 11.8. The van der Waals surface area contributed by atoms with Gasteiger partial charge in [-0.2, -0.15) is 0 Å². The van der Waals surface area contributed by atoms with E-state index in [1.54, 1.807) is 6.07 Å². The average Bonchev–Trinajstić information content (AvgIpc) is 2.63. The number of carbonyl (C=O) groups excluding carboxylic acids is 1. The molecule has 0 unspecified atom stereocenters. The number of rotatable bonds is 4. The normalized spacial score (nSPS) is 18.9. The van der Waals surface area contributed by atoms with E-state index in [2.05, 4.69) is 0 Å². The van der Waals surface area contributed by atoms with Crippen molar-refractivity contribution in [1.82, 2.24) is 0 Å². The maximum absolute atomic E-state index is 11.8. The largest absolute Gasteiger partial charge is 0.472 e. The lowest BCUT2D eigenvalue weighted by Crippen LogP contribution is -2.39. The van der Waals surface area contributed by atoms with Crippen LogP contribution in [0.5, 0.6) is 0 Å². The minimum Gasteiger partial charge on any atom is -0.472 e. The Labute approximate surface area is 83.3 Å². The van der Waals surface area contributed by atoms with Gasteiger partial charge in [-0.3, -0.25) is 4.79 Å². The summed E-state index contributed by atoms with van der Waals surface area (Å²) in [6, 6.07) is 1.71. The zero-order valence-electron chi connectivity index (χ0n) is 8.16. The Balaban J connectivity index is 2.01. The van der Waals surface area contributed by atoms with Crippen LogP contribution in [0.1, 0.15) is 36.0 Å². The SMILES string of the molecule is NCC1(CC(=O)c2ccoc2)CCC1. The number of hydrogen-bond acceptors (Lipinski definition) is 3. The molecule has 1 aromatic rings. The zero-order valence-corrected chi connectivity index (χ0v) is 8.16. The highest BCUT2D eigenvalue weighted by atomic mass is 16.3. The fourth-order valence-electron chi connectivity index (χ4n) is 2.00. The standard InChI is InChI=1S/C11H15NO2/c12-8-11(3-1-4-11)6-10(13)9-2-5-14-7-9/h2,5,7H,1,3-4,6,8,12H2. The first-order valence-corrected chi connectivity index (χ1v) is 5.01. The highest BCUT2D eigenvalue weighted by molar-refractivity contribution is 5.96. The maximum atomic E-state index is 11.8. The quantitative estimate of drug-likeness (QED) is 0.744. The molecule has 2 rings (SSSR count). The van der Waals surface area contributed by atoms with Gasteiger partial charge in [-0.25, -0.2) is 0 Å². The van der Waals surface area contributed by atoms with Gasteiger partial charge in [0.05, 0.1) is 11.8 Å². The second kappa shape index (κ2) is 3.58. The summed E-state index contributed by atoms with van der Waals surface area (Å²) in [5.74, 6) is 0.156. The van der Waals surface area contributed by atoms with Gasteiger partial charge in [0.25, 0.3) is 0 Å². The van der Waals surface area contributed by atoms with Crippen LogP contribution in [-0.2, 0) is 0 Å². The Morgan fingerprint density at radius 2 is 2.36 bits per heavy atom. The van der Waals surface area contributed by atoms with Crippen LogP contribution in [-0.4, -0.2) is 12.3 Å². The molecule has 0 aliphatic heterocycles. The van der Waals surface area contributed by atoms with E-state index in [-0.39, 0.29) is 11.2 Å². The molecule has 1 aliphatic rings. The number of Topliss-reactive ketones (excluding diaryl/α,β-unsaturated/α-hetero) is 1. The van der Waals surface area contributed by atoms with Crippen LogP contribution in [0, 0.1) is 5.41 Å². The van der Waals surface area contributed by atoms with Crippen molar-refractivity contribution in [3.05, 3.63) is 24.2 Å². The molecule has 0 amide bonds. The number of furan rings is 1. The number of ketones is 1. The van der Waals surface area contributed by atoms with Crippen molar-refractivity contribution in [3.63, 3.8) is 0 Å². The summed E-state index contributed by atoms with van der Waals surface area (Å²) in [6.45, 7) is 0.622. The van der Waals surface area contributed by atoms with Gasteiger partial charge in [-0.1, -0.05) is 6.42 Å². The average molecular weight is 193 g/mol. The Hall–Kier alpha value is -1.09. The predicted octanol–water partition coefficient (Wildman–Crippen LogP) is 1.98. The van der Waals surface area contributed by atoms with E-state index in [1.807, 2.05) is 0 Å². The molecule has 0 atom stereocenters. The van der Waals surface area contributed by atoms with Gasteiger partial charge in [0, 0.05) is 6.42 Å². The molecule has 0 aromatic carbocycles. The Bertz CT molecular complexity index is 307. The first kappa shape index (κ1) is 9.46. The third kappa shape index (κ3) is 1.60. The fourth-order valence-corrected chi connectivity index (χ4v) is 2.00. The lowest BCUT2D eigenvalue weighted by atomic mass is 9.65. The lowest BCUT2D eigenvalue weighted by molar-refractivity contribution is 0.0785. The van der Waals surface area contributed by atoms with Crippen molar-refractivity contribution >= 4 is 5.78 Å². The second-order valence-electron chi connectivity index (χ2n) is 4.17. The van der Waals surface area contributed by atoms with Crippen LogP contribution in [0.25, 0.3) is 0 Å². The molecular formula is C11H15NO2. The highest BCUT2D eigenvalue weighted by Crippen LogP contribution is 2.43. The van der Waals surface area contributed by atoms with Gasteiger partial charge >= 0.3 is 0 Å². The van der Waals surface area contributed by atoms with Crippen molar-refractivity contribution in [3.8, 4) is 0 Å². The summed E-state index contributed by atoms with van der Waals surface area (Å²) < 4.78 is 4.88. The third-order valence-electron chi connectivity index (χ3n) is 3.23. The van der Waals surface area contributed by atoms with Crippen LogP contribution in [0.3, 0.4) is 0 Å². The first-order chi connectivity index (χ1) is 6.76. The monoisotopic (exact) mass is 193 g/mol.